The van der Waals surface area contributed by atoms with E-state index in [1.165, 1.54) is 4.90 Å². The Hall–Kier alpha value is -0.580. The van der Waals surface area contributed by atoms with Gasteiger partial charge in [-0.05, 0) is 19.9 Å². The van der Waals surface area contributed by atoms with E-state index in [0.717, 1.165) is 6.42 Å². The molecule has 1 aliphatic carbocycles. The average molecular weight is 209 g/mol. The number of ketones is 1. The SMILES string of the molecule is CN(CCC(F)(F)F)C1CCCC1=O. The van der Waals surface area contributed by atoms with Crippen LogP contribution >= 0.6 is 0 Å². The first-order valence-electron chi connectivity index (χ1n) is 4.70. The van der Waals surface area contributed by atoms with Gasteiger partial charge in [0.1, 0.15) is 5.78 Å². The first kappa shape index (κ1) is 11.5. The second-order valence-electron chi connectivity index (χ2n) is 3.72. The molecule has 1 aliphatic rings. The minimum absolute atomic E-state index is 0.0784. The summed E-state index contributed by atoms with van der Waals surface area (Å²) in [4.78, 5) is 12.7. The van der Waals surface area contributed by atoms with Crippen molar-refractivity contribution in [2.45, 2.75) is 37.9 Å². The van der Waals surface area contributed by atoms with Crippen molar-refractivity contribution >= 4 is 5.78 Å². The summed E-state index contributed by atoms with van der Waals surface area (Å²) in [5.41, 5.74) is 0. The minimum Gasteiger partial charge on any atom is -0.298 e. The van der Waals surface area contributed by atoms with Crippen molar-refractivity contribution in [3.63, 3.8) is 0 Å². The van der Waals surface area contributed by atoms with Gasteiger partial charge in [-0.1, -0.05) is 0 Å². The van der Waals surface area contributed by atoms with Crippen LogP contribution in [-0.4, -0.2) is 36.5 Å². The molecule has 0 aliphatic heterocycles. The summed E-state index contributed by atoms with van der Waals surface area (Å²) in [6, 6.07) is -0.280. The van der Waals surface area contributed by atoms with Crippen LogP contribution in [0.4, 0.5) is 13.2 Å². The fourth-order valence-corrected chi connectivity index (χ4v) is 1.72. The Balaban J connectivity index is 2.34. The Morgan fingerprint density at radius 1 is 1.50 bits per heavy atom. The summed E-state index contributed by atoms with van der Waals surface area (Å²) in [7, 11) is 1.58. The molecule has 14 heavy (non-hydrogen) atoms. The standard InChI is InChI=1S/C9H14F3NO/c1-13(6-5-9(10,11)12)7-3-2-4-8(7)14/h7H,2-6H2,1H3. The van der Waals surface area contributed by atoms with Crippen LogP contribution in [0.15, 0.2) is 0 Å². The number of alkyl halides is 3. The number of hydrogen-bond donors (Lipinski definition) is 0. The molecule has 1 saturated carbocycles. The number of likely N-dealkylation sites (N-methyl/N-ethyl adjacent to an activating group) is 1. The van der Waals surface area contributed by atoms with Crippen molar-refractivity contribution in [2.75, 3.05) is 13.6 Å². The number of carbonyl (C=O) groups excluding carboxylic acids is 1. The van der Waals surface area contributed by atoms with Crippen molar-refractivity contribution < 1.29 is 18.0 Å². The lowest BCUT2D eigenvalue weighted by molar-refractivity contribution is -0.140. The Kier molecular flexibility index (Phi) is 3.53. The van der Waals surface area contributed by atoms with Gasteiger partial charge in [0.05, 0.1) is 12.5 Å². The number of nitrogens with zero attached hydrogens (tertiary/aromatic N) is 1. The maximum Gasteiger partial charge on any atom is 0.390 e. The Morgan fingerprint density at radius 3 is 2.57 bits per heavy atom. The highest BCUT2D eigenvalue weighted by Gasteiger charge is 2.32. The van der Waals surface area contributed by atoms with Gasteiger partial charge in [0.25, 0.3) is 0 Å². The summed E-state index contributed by atoms with van der Waals surface area (Å²) in [5.74, 6) is 0.0784. The number of rotatable bonds is 3. The van der Waals surface area contributed by atoms with Crippen LogP contribution in [0.2, 0.25) is 0 Å². The summed E-state index contributed by atoms with van der Waals surface area (Å²) in [6.45, 7) is -0.0834. The van der Waals surface area contributed by atoms with E-state index in [4.69, 9.17) is 0 Å². The summed E-state index contributed by atoms with van der Waals surface area (Å²) in [5, 5.41) is 0. The van der Waals surface area contributed by atoms with Crippen molar-refractivity contribution in [3.8, 4) is 0 Å². The molecule has 1 unspecified atom stereocenters. The van der Waals surface area contributed by atoms with Crippen LogP contribution in [-0.2, 0) is 4.79 Å². The molecule has 5 heteroatoms. The van der Waals surface area contributed by atoms with Crippen LogP contribution in [0.3, 0.4) is 0 Å². The molecule has 0 aromatic carbocycles. The van der Waals surface area contributed by atoms with E-state index in [0.29, 0.717) is 12.8 Å². The van der Waals surface area contributed by atoms with Crippen molar-refractivity contribution in [2.24, 2.45) is 0 Å². The summed E-state index contributed by atoms with van der Waals surface area (Å²) in [6.07, 6.45) is -2.95. The molecule has 82 valence electrons. The number of carbonyl (C=O) groups is 1. The molecule has 2 nitrogen and oxygen atoms in total. The molecule has 0 bridgehead atoms. The highest BCUT2D eigenvalue weighted by atomic mass is 19.4. The topological polar surface area (TPSA) is 20.3 Å². The highest BCUT2D eigenvalue weighted by Crippen LogP contribution is 2.23. The maximum atomic E-state index is 11.9. The largest absolute Gasteiger partial charge is 0.390 e. The molecular weight excluding hydrogens is 195 g/mol. The Bertz CT molecular complexity index is 215. The van der Waals surface area contributed by atoms with Crippen LogP contribution in [0.5, 0.6) is 0 Å². The van der Waals surface area contributed by atoms with E-state index >= 15 is 0 Å². The quantitative estimate of drug-likeness (QED) is 0.708. The molecular formula is C9H14F3NO. The van der Waals surface area contributed by atoms with Gasteiger partial charge in [0.2, 0.25) is 0 Å². The number of halogens is 3. The predicted octanol–water partition coefficient (Wildman–Crippen LogP) is 1.99. The zero-order valence-corrected chi connectivity index (χ0v) is 8.10. The number of Topliss-reactive ketones (excluding diaryl/α,β-unsaturated/α-hetero) is 1. The maximum absolute atomic E-state index is 11.9. The second-order valence-corrected chi connectivity index (χ2v) is 3.72. The highest BCUT2D eigenvalue weighted by molar-refractivity contribution is 5.85. The van der Waals surface area contributed by atoms with Gasteiger partial charge >= 0.3 is 6.18 Å². The van der Waals surface area contributed by atoms with E-state index in [-0.39, 0.29) is 18.4 Å². The molecule has 0 heterocycles. The molecule has 0 aromatic rings. The second kappa shape index (κ2) is 4.29. The van der Waals surface area contributed by atoms with Gasteiger partial charge in [0.15, 0.2) is 0 Å². The van der Waals surface area contributed by atoms with Gasteiger partial charge in [-0.3, -0.25) is 9.69 Å². The van der Waals surface area contributed by atoms with Crippen LogP contribution in [0.25, 0.3) is 0 Å². The van der Waals surface area contributed by atoms with Crippen LogP contribution in [0, 0.1) is 0 Å². The Morgan fingerprint density at radius 2 is 2.14 bits per heavy atom. The molecule has 0 N–H and O–H groups in total. The molecule has 0 radical (unpaired) electrons. The van der Waals surface area contributed by atoms with E-state index in [2.05, 4.69) is 0 Å². The molecule has 1 atom stereocenters. The van der Waals surface area contributed by atoms with Gasteiger partial charge < -0.3 is 0 Å². The first-order chi connectivity index (χ1) is 6.40. The van der Waals surface area contributed by atoms with Crippen molar-refractivity contribution in [1.29, 1.82) is 0 Å². The summed E-state index contributed by atoms with van der Waals surface area (Å²) < 4.78 is 35.7. The lowest BCUT2D eigenvalue weighted by atomic mass is 10.2. The van der Waals surface area contributed by atoms with Gasteiger partial charge in [-0.2, -0.15) is 13.2 Å². The normalized spacial score (nSPS) is 23.5. The van der Waals surface area contributed by atoms with E-state index in [1.807, 2.05) is 0 Å². The third-order valence-corrected chi connectivity index (χ3v) is 2.55. The molecule has 0 saturated heterocycles. The van der Waals surface area contributed by atoms with E-state index < -0.39 is 12.6 Å². The van der Waals surface area contributed by atoms with Crippen molar-refractivity contribution in [3.05, 3.63) is 0 Å². The van der Waals surface area contributed by atoms with E-state index in [1.54, 1.807) is 7.05 Å². The number of hydrogen-bond acceptors (Lipinski definition) is 2. The average Bonchev–Trinajstić information content (AvgIpc) is 2.46. The van der Waals surface area contributed by atoms with E-state index in [9.17, 15) is 18.0 Å². The third kappa shape index (κ3) is 3.29. The monoisotopic (exact) mass is 209 g/mol. The zero-order valence-electron chi connectivity index (χ0n) is 8.10. The molecule has 0 spiro atoms. The zero-order chi connectivity index (χ0) is 10.8. The first-order valence-corrected chi connectivity index (χ1v) is 4.70. The minimum atomic E-state index is -4.13. The van der Waals surface area contributed by atoms with Gasteiger partial charge in [-0.25, -0.2) is 0 Å². The van der Waals surface area contributed by atoms with Crippen LogP contribution < -0.4 is 0 Å². The van der Waals surface area contributed by atoms with Gasteiger partial charge in [-0.15, -0.1) is 0 Å². The van der Waals surface area contributed by atoms with Crippen molar-refractivity contribution in [1.82, 2.24) is 4.90 Å². The lowest BCUT2D eigenvalue weighted by Crippen LogP contribution is -2.37. The molecule has 1 rings (SSSR count). The molecule has 1 fully saturated rings. The molecule has 0 amide bonds. The third-order valence-electron chi connectivity index (χ3n) is 2.55. The van der Waals surface area contributed by atoms with Gasteiger partial charge in [0, 0.05) is 13.0 Å². The fourth-order valence-electron chi connectivity index (χ4n) is 1.72. The molecule has 0 aromatic heterocycles. The smallest absolute Gasteiger partial charge is 0.298 e. The summed E-state index contributed by atoms with van der Waals surface area (Å²) >= 11 is 0. The Labute approximate surface area is 81.1 Å². The van der Waals surface area contributed by atoms with Crippen LogP contribution in [0.1, 0.15) is 25.7 Å². The predicted molar refractivity (Wildman–Crippen MR) is 45.9 cm³/mol. The lowest BCUT2D eigenvalue weighted by Gasteiger charge is -2.23. The fraction of sp³-hybridized carbons (Fsp3) is 0.889.